The number of hydrogen-bond donors (Lipinski definition) is 2. The normalized spacial score (nSPS) is 20.2. The number of aromatic nitrogens is 3. The van der Waals surface area contributed by atoms with E-state index in [1.807, 2.05) is 24.4 Å². The number of likely N-dealkylation sites (tertiary alicyclic amines) is 1. The van der Waals surface area contributed by atoms with E-state index < -0.39 is 6.10 Å². The van der Waals surface area contributed by atoms with E-state index in [0.717, 1.165) is 11.1 Å². The van der Waals surface area contributed by atoms with Gasteiger partial charge in [-0.3, -0.25) is 4.90 Å². The molecule has 1 aliphatic heterocycles. The SMILES string of the molecule is OC1CC(c2nc(-c3ccc(F)cc3)no2)N(Cc2c[nH]c3ccccc23)C1. The van der Waals surface area contributed by atoms with E-state index in [1.54, 1.807) is 12.1 Å². The quantitative estimate of drug-likeness (QED) is 0.567. The molecule has 1 fully saturated rings. The van der Waals surface area contributed by atoms with Gasteiger partial charge in [-0.2, -0.15) is 4.98 Å². The molecule has 4 aromatic rings. The van der Waals surface area contributed by atoms with Gasteiger partial charge in [-0.15, -0.1) is 0 Å². The number of aromatic amines is 1. The van der Waals surface area contributed by atoms with Crippen molar-refractivity contribution in [1.82, 2.24) is 20.0 Å². The number of aliphatic hydroxyl groups excluding tert-OH is 1. The van der Waals surface area contributed by atoms with E-state index in [-0.39, 0.29) is 11.9 Å². The van der Waals surface area contributed by atoms with Crippen LogP contribution in [0.15, 0.2) is 59.3 Å². The first-order chi connectivity index (χ1) is 13.7. The third-order valence-electron chi connectivity index (χ3n) is 5.26. The Labute approximate surface area is 160 Å². The maximum atomic E-state index is 13.1. The van der Waals surface area contributed by atoms with Crippen molar-refractivity contribution >= 4 is 10.9 Å². The Morgan fingerprint density at radius 3 is 2.86 bits per heavy atom. The Bertz CT molecular complexity index is 1110. The van der Waals surface area contributed by atoms with Crippen LogP contribution in [0.1, 0.15) is 23.9 Å². The summed E-state index contributed by atoms with van der Waals surface area (Å²) in [5.74, 6) is 0.579. The van der Waals surface area contributed by atoms with Crippen LogP contribution in [0.25, 0.3) is 22.3 Å². The molecule has 2 aromatic heterocycles. The Morgan fingerprint density at radius 2 is 2.00 bits per heavy atom. The van der Waals surface area contributed by atoms with Crippen LogP contribution in [0, 0.1) is 5.82 Å². The average molecular weight is 378 g/mol. The number of H-pyrrole nitrogens is 1. The molecule has 5 rings (SSSR count). The van der Waals surface area contributed by atoms with Crippen molar-refractivity contribution < 1.29 is 14.0 Å². The first-order valence-corrected chi connectivity index (χ1v) is 9.24. The molecule has 0 radical (unpaired) electrons. The summed E-state index contributed by atoms with van der Waals surface area (Å²) in [7, 11) is 0. The van der Waals surface area contributed by atoms with Crippen molar-refractivity contribution in [3.63, 3.8) is 0 Å². The number of nitrogens with one attached hydrogen (secondary N) is 1. The summed E-state index contributed by atoms with van der Waals surface area (Å²) in [5, 5.41) is 15.5. The zero-order valence-electron chi connectivity index (χ0n) is 15.0. The average Bonchev–Trinajstić information content (AvgIpc) is 3.42. The number of hydrogen-bond acceptors (Lipinski definition) is 5. The zero-order chi connectivity index (χ0) is 19.1. The van der Waals surface area contributed by atoms with Gasteiger partial charge in [0, 0.05) is 35.8 Å². The highest BCUT2D eigenvalue weighted by molar-refractivity contribution is 5.82. The topological polar surface area (TPSA) is 78.2 Å². The predicted molar refractivity (Wildman–Crippen MR) is 102 cm³/mol. The van der Waals surface area contributed by atoms with Gasteiger partial charge in [-0.05, 0) is 42.3 Å². The molecule has 0 aliphatic carbocycles. The largest absolute Gasteiger partial charge is 0.392 e. The standard InChI is InChI=1S/C21H19FN4O2/c22-15-7-5-13(6-8-15)20-24-21(28-25-20)19-9-16(27)12-26(19)11-14-10-23-18-4-2-1-3-17(14)18/h1-8,10,16,19,23,27H,9,11-12H2. The molecule has 28 heavy (non-hydrogen) atoms. The molecule has 1 aliphatic rings. The highest BCUT2D eigenvalue weighted by Gasteiger charge is 2.36. The van der Waals surface area contributed by atoms with Crippen LogP contribution in [0.2, 0.25) is 0 Å². The Balaban J connectivity index is 1.41. The molecule has 142 valence electrons. The van der Waals surface area contributed by atoms with E-state index in [4.69, 9.17) is 4.52 Å². The van der Waals surface area contributed by atoms with E-state index in [9.17, 15) is 9.50 Å². The fraction of sp³-hybridized carbons (Fsp3) is 0.238. The van der Waals surface area contributed by atoms with Crippen LogP contribution in [-0.2, 0) is 6.54 Å². The van der Waals surface area contributed by atoms with Gasteiger partial charge < -0.3 is 14.6 Å². The van der Waals surface area contributed by atoms with Crippen LogP contribution in [0.4, 0.5) is 4.39 Å². The van der Waals surface area contributed by atoms with Gasteiger partial charge >= 0.3 is 0 Å². The van der Waals surface area contributed by atoms with Gasteiger partial charge in [0.2, 0.25) is 11.7 Å². The smallest absolute Gasteiger partial charge is 0.244 e. The molecule has 2 N–H and O–H groups in total. The van der Waals surface area contributed by atoms with Gasteiger partial charge in [0.1, 0.15) is 5.82 Å². The molecule has 2 aromatic carbocycles. The third-order valence-corrected chi connectivity index (χ3v) is 5.26. The molecular weight excluding hydrogens is 359 g/mol. The van der Waals surface area contributed by atoms with Gasteiger partial charge in [0.15, 0.2) is 0 Å². The molecule has 3 heterocycles. The summed E-state index contributed by atoms with van der Waals surface area (Å²) in [4.78, 5) is 9.95. The molecule has 0 amide bonds. The van der Waals surface area contributed by atoms with E-state index in [1.165, 1.54) is 17.5 Å². The maximum Gasteiger partial charge on any atom is 0.244 e. The second-order valence-electron chi connectivity index (χ2n) is 7.16. The molecule has 2 unspecified atom stereocenters. The molecule has 6 nitrogen and oxygen atoms in total. The zero-order valence-corrected chi connectivity index (χ0v) is 15.0. The van der Waals surface area contributed by atoms with Crippen LogP contribution < -0.4 is 0 Å². The van der Waals surface area contributed by atoms with E-state index in [2.05, 4.69) is 26.1 Å². The van der Waals surface area contributed by atoms with Crippen molar-refractivity contribution in [1.29, 1.82) is 0 Å². The lowest BCUT2D eigenvalue weighted by Crippen LogP contribution is -2.24. The van der Waals surface area contributed by atoms with Gasteiger partial charge in [-0.1, -0.05) is 23.4 Å². The predicted octanol–water partition coefficient (Wildman–Crippen LogP) is 3.66. The first-order valence-electron chi connectivity index (χ1n) is 9.24. The molecule has 2 atom stereocenters. The molecule has 0 saturated carbocycles. The van der Waals surface area contributed by atoms with Crippen LogP contribution in [0.3, 0.4) is 0 Å². The Hall–Kier alpha value is -3.03. The van der Waals surface area contributed by atoms with Gasteiger partial charge in [-0.25, -0.2) is 4.39 Å². The van der Waals surface area contributed by atoms with Crippen molar-refractivity contribution in [2.75, 3.05) is 6.54 Å². The highest BCUT2D eigenvalue weighted by Crippen LogP contribution is 2.34. The van der Waals surface area contributed by atoms with Crippen LogP contribution in [-0.4, -0.2) is 37.8 Å². The summed E-state index contributed by atoms with van der Waals surface area (Å²) < 4.78 is 18.6. The van der Waals surface area contributed by atoms with Crippen molar-refractivity contribution in [2.24, 2.45) is 0 Å². The number of halogens is 1. The lowest BCUT2D eigenvalue weighted by atomic mass is 10.1. The lowest BCUT2D eigenvalue weighted by molar-refractivity contribution is 0.169. The number of aliphatic hydroxyl groups is 1. The Kier molecular flexibility index (Phi) is 4.18. The number of β-amino-alcohol motifs (C(OH)–C–C–N with tert-alkyl or cyclic N) is 1. The summed E-state index contributed by atoms with van der Waals surface area (Å²) in [6.07, 6.45) is 2.09. The summed E-state index contributed by atoms with van der Waals surface area (Å²) in [6, 6.07) is 14.0. The number of para-hydroxylation sites is 1. The first kappa shape index (κ1) is 17.1. The van der Waals surface area contributed by atoms with Gasteiger partial charge in [0.25, 0.3) is 0 Å². The fourth-order valence-electron chi connectivity index (χ4n) is 3.88. The Morgan fingerprint density at radius 1 is 1.18 bits per heavy atom. The molecule has 0 spiro atoms. The summed E-state index contributed by atoms with van der Waals surface area (Å²) >= 11 is 0. The molecule has 7 heteroatoms. The summed E-state index contributed by atoms with van der Waals surface area (Å²) in [5.41, 5.74) is 2.94. The van der Waals surface area contributed by atoms with Crippen molar-refractivity contribution in [3.8, 4) is 11.4 Å². The van der Waals surface area contributed by atoms with E-state index >= 15 is 0 Å². The minimum Gasteiger partial charge on any atom is -0.392 e. The third kappa shape index (κ3) is 3.08. The molecular formula is C21H19FN4O2. The minimum absolute atomic E-state index is 0.162. The number of rotatable bonds is 4. The minimum atomic E-state index is -0.448. The highest BCUT2D eigenvalue weighted by atomic mass is 19.1. The number of benzene rings is 2. The van der Waals surface area contributed by atoms with Crippen LogP contribution in [0.5, 0.6) is 0 Å². The van der Waals surface area contributed by atoms with Crippen LogP contribution >= 0.6 is 0 Å². The number of fused-ring (bicyclic) bond motifs is 1. The lowest BCUT2D eigenvalue weighted by Gasteiger charge is -2.20. The van der Waals surface area contributed by atoms with Crippen molar-refractivity contribution in [3.05, 3.63) is 72.0 Å². The van der Waals surface area contributed by atoms with Crippen molar-refractivity contribution in [2.45, 2.75) is 25.1 Å². The fourth-order valence-corrected chi connectivity index (χ4v) is 3.88. The second kappa shape index (κ2) is 6.85. The van der Waals surface area contributed by atoms with E-state index in [0.29, 0.717) is 36.8 Å². The van der Waals surface area contributed by atoms with Gasteiger partial charge in [0.05, 0.1) is 12.1 Å². The monoisotopic (exact) mass is 378 g/mol. The molecule has 1 saturated heterocycles. The maximum absolute atomic E-state index is 13.1. The summed E-state index contributed by atoms with van der Waals surface area (Å²) in [6.45, 7) is 1.21. The molecule has 0 bridgehead atoms. The number of nitrogens with zero attached hydrogens (tertiary/aromatic N) is 3. The second-order valence-corrected chi connectivity index (χ2v) is 7.16.